The molecule has 0 saturated carbocycles. The lowest BCUT2D eigenvalue weighted by atomic mass is 9.99. The highest BCUT2D eigenvalue weighted by Crippen LogP contribution is 2.51. The number of fused-ring (bicyclic) bond motifs is 3. The van der Waals surface area contributed by atoms with Gasteiger partial charge in [0.15, 0.2) is 0 Å². The van der Waals surface area contributed by atoms with E-state index in [1.807, 2.05) is 6.07 Å². The SMILES string of the molecule is C.CC1(C)c2c(Cl)ccc(N)c2NS1(=O)=O.CC1(C)c2c(Cl)ccc(NC(=O)Nc3ccccc3Br)c2NS1(=O)=O.CC1(C)c2c(Cl)ccc([N+](=O)[O-])c2NS1(=O)=O. The van der Waals surface area contributed by atoms with Crippen LogP contribution in [0.25, 0.3) is 0 Å². The Hall–Kier alpha value is -4.05. The first-order chi connectivity index (χ1) is 26.1. The number of hydrogen-bond acceptors (Lipinski definition) is 10. The molecule has 3 heterocycles. The normalized spacial score (nSPS) is 18.2. The van der Waals surface area contributed by atoms with Crippen molar-refractivity contribution in [1.82, 2.24) is 0 Å². The number of nitrogens with one attached hydrogen (secondary N) is 5. The second-order valence-electron chi connectivity index (χ2n) is 14.2. The first kappa shape index (κ1) is 46.6. The molecule has 3 aliphatic heterocycles. The Labute approximate surface area is 360 Å². The van der Waals surface area contributed by atoms with Gasteiger partial charge in [-0.05, 0) is 99.9 Å². The van der Waals surface area contributed by atoms with Crippen molar-refractivity contribution in [3.63, 3.8) is 0 Å². The molecule has 2 amide bonds. The number of amides is 2. The molecule has 0 saturated heterocycles. The average Bonchev–Trinajstić information content (AvgIpc) is 3.51. The molecule has 3 aliphatic rings. The summed E-state index contributed by atoms with van der Waals surface area (Å²) in [7, 11) is -10.8. The number of carbonyl (C=O) groups excluding carboxylic acids is 1. The number of nitro benzene ring substituents is 1. The molecule has 0 unspecified atom stereocenters. The maximum atomic E-state index is 12.4. The average molecular weight is 984 g/mol. The van der Waals surface area contributed by atoms with Gasteiger partial charge in [0.05, 0.1) is 33.4 Å². The number of hydrogen-bond donors (Lipinski definition) is 6. The summed E-state index contributed by atoms with van der Waals surface area (Å²) in [5, 5.41) is 17.1. The molecule has 0 fully saturated rings. The van der Waals surface area contributed by atoms with Crippen LogP contribution in [0.2, 0.25) is 15.1 Å². The first-order valence-electron chi connectivity index (χ1n) is 16.4. The van der Waals surface area contributed by atoms with Gasteiger partial charge in [-0.3, -0.25) is 24.3 Å². The van der Waals surface area contributed by atoms with E-state index in [9.17, 15) is 40.2 Å². The fourth-order valence-electron chi connectivity index (χ4n) is 6.11. The fraction of sp³-hybridized carbons (Fsp3) is 0.286. The quantitative estimate of drug-likeness (QED) is 0.0644. The van der Waals surface area contributed by atoms with Gasteiger partial charge in [0, 0.05) is 42.3 Å². The Kier molecular flexibility index (Phi) is 12.7. The lowest BCUT2D eigenvalue weighted by molar-refractivity contribution is -0.383. The van der Waals surface area contributed by atoms with E-state index in [4.69, 9.17) is 40.5 Å². The third-order valence-electron chi connectivity index (χ3n) is 9.57. The molecule has 16 nitrogen and oxygen atoms in total. The zero-order chi connectivity index (χ0) is 42.8. The number of sulfonamides is 3. The number of urea groups is 1. The molecule has 7 rings (SSSR count). The summed E-state index contributed by atoms with van der Waals surface area (Å²) in [6.07, 6.45) is 0. The van der Waals surface area contributed by atoms with Crippen LogP contribution in [0, 0.1) is 10.1 Å². The largest absolute Gasteiger partial charge is 0.397 e. The van der Waals surface area contributed by atoms with Crippen molar-refractivity contribution in [2.24, 2.45) is 0 Å². The maximum absolute atomic E-state index is 12.4. The number of benzene rings is 4. The molecule has 0 aromatic heterocycles. The smallest absolute Gasteiger partial charge is 0.323 e. The highest BCUT2D eigenvalue weighted by atomic mass is 79.9. The molecule has 4 aromatic carbocycles. The van der Waals surface area contributed by atoms with E-state index >= 15 is 0 Å². The van der Waals surface area contributed by atoms with Crippen LogP contribution in [-0.2, 0) is 44.3 Å². The van der Waals surface area contributed by atoms with Crippen molar-refractivity contribution in [2.75, 3.05) is 30.5 Å². The summed E-state index contributed by atoms with van der Waals surface area (Å²) in [4.78, 5) is 22.5. The van der Waals surface area contributed by atoms with Gasteiger partial charge in [0.1, 0.15) is 19.9 Å². The second kappa shape index (κ2) is 15.9. The molecule has 0 aliphatic carbocycles. The van der Waals surface area contributed by atoms with E-state index in [2.05, 4.69) is 40.7 Å². The third kappa shape index (κ3) is 7.99. The fourth-order valence-corrected chi connectivity index (χ4v) is 11.5. The lowest BCUT2D eigenvalue weighted by Crippen LogP contribution is -2.27. The van der Waals surface area contributed by atoms with Gasteiger partial charge in [-0.2, -0.15) is 0 Å². The maximum Gasteiger partial charge on any atom is 0.323 e. The monoisotopic (exact) mass is 981 g/mol. The zero-order valence-electron chi connectivity index (χ0n) is 30.7. The standard InChI is InChI=1S/C16H15BrClN3O3S.C9H9ClN2O4S.C9H11ClN2O2S.CH4/c1-16(2)13-10(18)7-8-12(14(13)21-25(16,23)24)20-15(22)19-11-6-4-3-5-9(11)17;1-9(2)7-5(10)3-4-6(12(13)14)8(7)11-17(9,15)16;1-9(2)7-5(10)3-4-6(11)8(7)12-15(9,13)14;/h3-8,21H,1-2H3,(H2,19,20,22);3-4,11H,1-2H3;3-4,12H,11H2,1-2H3;1H4. The summed E-state index contributed by atoms with van der Waals surface area (Å²) in [6.45, 7) is 9.25. The topological polar surface area (TPSA) is 249 Å². The summed E-state index contributed by atoms with van der Waals surface area (Å²) >= 11 is 21.5. The van der Waals surface area contributed by atoms with Crippen molar-refractivity contribution in [1.29, 1.82) is 0 Å². The molecule has 0 bridgehead atoms. The highest BCUT2D eigenvalue weighted by molar-refractivity contribution is 9.10. The van der Waals surface area contributed by atoms with Crippen LogP contribution in [-0.4, -0.2) is 36.2 Å². The molecule has 4 aromatic rings. The number of rotatable bonds is 3. The number of nitrogens with zero attached hydrogens (tertiary/aromatic N) is 1. The number of para-hydroxylation sites is 1. The van der Waals surface area contributed by atoms with Gasteiger partial charge >= 0.3 is 6.03 Å². The molecule has 23 heteroatoms. The number of nitro groups is 1. The van der Waals surface area contributed by atoms with Crippen LogP contribution < -0.4 is 30.5 Å². The van der Waals surface area contributed by atoms with Crippen molar-refractivity contribution in [2.45, 2.75) is 63.2 Å². The third-order valence-corrected chi connectivity index (χ3v) is 17.3. The summed E-state index contributed by atoms with van der Waals surface area (Å²) in [6, 6.07) is 15.5. The first-order valence-corrected chi connectivity index (χ1v) is 22.7. The zero-order valence-corrected chi connectivity index (χ0v) is 37.0. The minimum absolute atomic E-state index is 0. The van der Waals surface area contributed by atoms with Crippen molar-refractivity contribution in [3.05, 3.63) is 107 Å². The minimum atomic E-state index is -3.70. The Balaban J connectivity index is 0.000000199. The second-order valence-corrected chi connectivity index (χ2v) is 23.0. The van der Waals surface area contributed by atoms with E-state index < -0.39 is 55.3 Å². The van der Waals surface area contributed by atoms with Gasteiger partial charge in [-0.1, -0.05) is 54.4 Å². The number of nitrogens with two attached hydrogens (primary N) is 1. The predicted molar refractivity (Wildman–Crippen MR) is 236 cm³/mol. The molecule has 58 heavy (non-hydrogen) atoms. The molecule has 314 valence electrons. The van der Waals surface area contributed by atoms with E-state index in [-0.39, 0.29) is 29.4 Å². The van der Waals surface area contributed by atoms with Crippen LogP contribution in [0.3, 0.4) is 0 Å². The van der Waals surface area contributed by atoms with E-state index in [1.54, 1.807) is 70.2 Å². The van der Waals surface area contributed by atoms with Crippen LogP contribution in [0.1, 0.15) is 65.7 Å². The number of halogens is 4. The highest BCUT2D eigenvalue weighted by Gasteiger charge is 2.49. The Morgan fingerprint density at radius 2 is 1.05 bits per heavy atom. The van der Waals surface area contributed by atoms with E-state index in [0.29, 0.717) is 49.6 Å². The number of carbonyl (C=O) groups is 1. The van der Waals surface area contributed by atoms with Gasteiger partial charge in [-0.15, -0.1) is 0 Å². The minimum Gasteiger partial charge on any atom is -0.397 e. The molecule has 7 N–H and O–H groups in total. The lowest BCUT2D eigenvalue weighted by Gasteiger charge is -2.18. The molecular weight excluding hydrogens is 945 g/mol. The van der Waals surface area contributed by atoms with Crippen LogP contribution >= 0.6 is 50.7 Å². The summed E-state index contributed by atoms with van der Waals surface area (Å²) < 4.78 is 76.4. The van der Waals surface area contributed by atoms with E-state index in [0.717, 1.165) is 4.47 Å². The Morgan fingerprint density at radius 3 is 1.53 bits per heavy atom. The Bertz CT molecular complexity index is 2720. The van der Waals surface area contributed by atoms with Gasteiger partial charge in [0.2, 0.25) is 30.1 Å². The molecular formula is C35H39BrCl3N7O9S3. The van der Waals surface area contributed by atoms with Gasteiger partial charge in [0.25, 0.3) is 5.69 Å². The van der Waals surface area contributed by atoms with Crippen molar-refractivity contribution < 1.29 is 35.0 Å². The summed E-state index contributed by atoms with van der Waals surface area (Å²) in [5.41, 5.74) is 8.61. The van der Waals surface area contributed by atoms with Crippen LogP contribution in [0.5, 0.6) is 0 Å². The van der Waals surface area contributed by atoms with E-state index in [1.165, 1.54) is 26.0 Å². The molecule has 0 spiro atoms. The Morgan fingerprint density at radius 1 is 0.655 bits per heavy atom. The van der Waals surface area contributed by atoms with Crippen molar-refractivity contribution >= 4 is 127 Å². The molecule has 0 atom stereocenters. The van der Waals surface area contributed by atoms with Crippen LogP contribution in [0.15, 0.2) is 65.1 Å². The number of anilines is 6. The van der Waals surface area contributed by atoms with Gasteiger partial charge in [-0.25, -0.2) is 30.0 Å². The van der Waals surface area contributed by atoms with Crippen LogP contribution in [0.4, 0.5) is 44.6 Å². The predicted octanol–water partition coefficient (Wildman–Crippen LogP) is 9.52. The molecule has 0 radical (unpaired) electrons. The number of nitrogen functional groups attached to an aromatic ring is 1. The van der Waals surface area contributed by atoms with Crippen molar-refractivity contribution in [3.8, 4) is 0 Å². The summed E-state index contributed by atoms with van der Waals surface area (Å²) in [5.74, 6) is 0. The van der Waals surface area contributed by atoms with Gasteiger partial charge < -0.3 is 16.4 Å².